The lowest BCUT2D eigenvalue weighted by Gasteiger charge is -2.09. The molecule has 0 amide bonds. The summed E-state index contributed by atoms with van der Waals surface area (Å²) in [6, 6.07) is 1.93. The van der Waals surface area contributed by atoms with Crippen LogP contribution in [0.15, 0.2) is 12.3 Å². The van der Waals surface area contributed by atoms with Gasteiger partial charge in [0.15, 0.2) is 0 Å². The molecule has 14 heavy (non-hydrogen) atoms. The lowest BCUT2D eigenvalue weighted by atomic mass is 10.2. The van der Waals surface area contributed by atoms with Gasteiger partial charge in [0.05, 0.1) is 12.3 Å². The molecule has 1 aromatic rings. The molecule has 1 rings (SSSR count). The first-order valence-electron chi connectivity index (χ1n) is 5.15. The molecule has 3 nitrogen and oxygen atoms in total. The molecule has 0 aliphatic rings. The standard InChI is InChI=1S/C11H18N2O/c1-3-5-8-14-11-10(12)9(4-2)6-7-13-11/h6-7H,3-5,8,12H2,1-2H3. The molecule has 0 saturated heterocycles. The van der Waals surface area contributed by atoms with Gasteiger partial charge in [0, 0.05) is 6.20 Å². The van der Waals surface area contributed by atoms with Crippen LogP contribution < -0.4 is 10.5 Å². The number of unbranched alkanes of at least 4 members (excludes halogenated alkanes) is 1. The van der Waals surface area contributed by atoms with E-state index in [9.17, 15) is 0 Å². The zero-order chi connectivity index (χ0) is 10.4. The van der Waals surface area contributed by atoms with Crippen molar-refractivity contribution in [1.29, 1.82) is 0 Å². The van der Waals surface area contributed by atoms with Crippen molar-refractivity contribution in [2.45, 2.75) is 33.1 Å². The van der Waals surface area contributed by atoms with Gasteiger partial charge in [0.2, 0.25) is 5.88 Å². The molecule has 0 fully saturated rings. The van der Waals surface area contributed by atoms with Crippen molar-refractivity contribution in [2.75, 3.05) is 12.3 Å². The molecule has 78 valence electrons. The lowest BCUT2D eigenvalue weighted by molar-refractivity contribution is 0.299. The Hall–Kier alpha value is -1.25. The lowest BCUT2D eigenvalue weighted by Crippen LogP contribution is -2.04. The van der Waals surface area contributed by atoms with Crippen LogP contribution in [0.25, 0.3) is 0 Å². The highest BCUT2D eigenvalue weighted by molar-refractivity contribution is 5.54. The number of hydrogen-bond donors (Lipinski definition) is 1. The maximum absolute atomic E-state index is 5.89. The Kier molecular flexibility index (Phi) is 4.23. The Morgan fingerprint density at radius 1 is 1.43 bits per heavy atom. The van der Waals surface area contributed by atoms with Gasteiger partial charge in [-0.15, -0.1) is 0 Å². The topological polar surface area (TPSA) is 48.1 Å². The summed E-state index contributed by atoms with van der Waals surface area (Å²) in [7, 11) is 0. The summed E-state index contributed by atoms with van der Waals surface area (Å²) in [5.74, 6) is 0.581. The van der Waals surface area contributed by atoms with Crippen molar-refractivity contribution in [1.82, 2.24) is 4.98 Å². The van der Waals surface area contributed by atoms with Crippen LogP contribution in [0, 0.1) is 0 Å². The monoisotopic (exact) mass is 194 g/mol. The second-order valence-electron chi connectivity index (χ2n) is 3.24. The molecule has 0 atom stereocenters. The van der Waals surface area contributed by atoms with E-state index < -0.39 is 0 Å². The maximum Gasteiger partial charge on any atom is 0.237 e. The van der Waals surface area contributed by atoms with E-state index >= 15 is 0 Å². The number of rotatable bonds is 5. The van der Waals surface area contributed by atoms with E-state index in [1.807, 2.05) is 6.07 Å². The fourth-order valence-corrected chi connectivity index (χ4v) is 1.23. The summed E-state index contributed by atoms with van der Waals surface area (Å²) in [4.78, 5) is 4.11. The summed E-state index contributed by atoms with van der Waals surface area (Å²) in [6.07, 6.45) is 4.82. The predicted octanol–water partition coefficient (Wildman–Crippen LogP) is 2.41. The Labute approximate surface area is 85.3 Å². The van der Waals surface area contributed by atoms with Crippen molar-refractivity contribution in [2.24, 2.45) is 0 Å². The van der Waals surface area contributed by atoms with Gasteiger partial charge >= 0.3 is 0 Å². The third-order valence-electron chi connectivity index (χ3n) is 2.16. The summed E-state index contributed by atoms with van der Waals surface area (Å²) >= 11 is 0. The minimum Gasteiger partial charge on any atom is -0.476 e. The van der Waals surface area contributed by atoms with Gasteiger partial charge < -0.3 is 10.5 Å². The van der Waals surface area contributed by atoms with Gasteiger partial charge in [-0.05, 0) is 24.5 Å². The fraction of sp³-hybridized carbons (Fsp3) is 0.545. The van der Waals surface area contributed by atoms with Gasteiger partial charge in [-0.1, -0.05) is 20.3 Å². The Morgan fingerprint density at radius 2 is 2.21 bits per heavy atom. The van der Waals surface area contributed by atoms with Gasteiger partial charge in [-0.25, -0.2) is 4.98 Å². The van der Waals surface area contributed by atoms with Crippen LogP contribution in [0.5, 0.6) is 5.88 Å². The van der Waals surface area contributed by atoms with Crippen molar-refractivity contribution >= 4 is 5.69 Å². The van der Waals surface area contributed by atoms with Crippen LogP contribution in [0.4, 0.5) is 5.69 Å². The van der Waals surface area contributed by atoms with Gasteiger partial charge in [-0.3, -0.25) is 0 Å². The molecule has 1 heterocycles. The number of hydrogen-bond acceptors (Lipinski definition) is 3. The molecule has 0 bridgehead atoms. The number of nitrogens with two attached hydrogens (primary N) is 1. The largest absolute Gasteiger partial charge is 0.476 e. The van der Waals surface area contributed by atoms with Gasteiger partial charge in [0.1, 0.15) is 0 Å². The summed E-state index contributed by atoms with van der Waals surface area (Å²) in [6.45, 7) is 4.89. The molecule has 2 N–H and O–H groups in total. The second kappa shape index (κ2) is 5.47. The number of anilines is 1. The zero-order valence-corrected chi connectivity index (χ0v) is 8.92. The summed E-state index contributed by atoms with van der Waals surface area (Å²) in [5, 5.41) is 0. The Balaban J connectivity index is 2.66. The first-order valence-corrected chi connectivity index (χ1v) is 5.15. The number of ether oxygens (including phenoxy) is 1. The highest BCUT2D eigenvalue weighted by Crippen LogP contribution is 2.22. The molecular formula is C11H18N2O. The number of aryl methyl sites for hydroxylation is 1. The number of nitrogens with zero attached hydrogens (tertiary/aromatic N) is 1. The first kappa shape index (κ1) is 10.8. The average molecular weight is 194 g/mol. The Bertz CT molecular complexity index is 287. The number of pyridine rings is 1. The maximum atomic E-state index is 5.89. The number of aromatic nitrogens is 1. The molecule has 0 radical (unpaired) electrons. The minimum atomic E-state index is 0.581. The third kappa shape index (κ3) is 2.62. The van der Waals surface area contributed by atoms with E-state index in [1.165, 1.54) is 0 Å². The van der Waals surface area contributed by atoms with Crippen LogP contribution in [-0.4, -0.2) is 11.6 Å². The molecule has 0 aromatic carbocycles. The molecule has 0 aliphatic carbocycles. The average Bonchev–Trinajstić information content (AvgIpc) is 2.21. The van der Waals surface area contributed by atoms with Gasteiger partial charge in [-0.2, -0.15) is 0 Å². The van der Waals surface area contributed by atoms with E-state index in [-0.39, 0.29) is 0 Å². The van der Waals surface area contributed by atoms with E-state index in [1.54, 1.807) is 6.20 Å². The van der Waals surface area contributed by atoms with E-state index in [0.717, 1.165) is 24.8 Å². The smallest absolute Gasteiger partial charge is 0.237 e. The van der Waals surface area contributed by atoms with Crippen molar-refractivity contribution in [3.05, 3.63) is 17.8 Å². The zero-order valence-electron chi connectivity index (χ0n) is 8.92. The van der Waals surface area contributed by atoms with Crippen molar-refractivity contribution in [3.8, 4) is 5.88 Å². The molecule has 0 saturated carbocycles. The highest BCUT2D eigenvalue weighted by atomic mass is 16.5. The van der Waals surface area contributed by atoms with Crippen LogP contribution in [0.2, 0.25) is 0 Å². The SMILES string of the molecule is CCCCOc1nccc(CC)c1N. The first-order chi connectivity index (χ1) is 6.79. The normalized spacial score (nSPS) is 10.1. The van der Waals surface area contributed by atoms with Crippen molar-refractivity contribution < 1.29 is 4.74 Å². The summed E-state index contributed by atoms with van der Waals surface area (Å²) in [5.41, 5.74) is 7.68. The fourth-order valence-electron chi connectivity index (χ4n) is 1.23. The molecule has 0 unspecified atom stereocenters. The highest BCUT2D eigenvalue weighted by Gasteiger charge is 2.05. The molecule has 3 heteroatoms. The van der Waals surface area contributed by atoms with Crippen molar-refractivity contribution in [3.63, 3.8) is 0 Å². The van der Waals surface area contributed by atoms with Gasteiger partial charge in [0.25, 0.3) is 0 Å². The van der Waals surface area contributed by atoms with E-state index in [4.69, 9.17) is 10.5 Å². The van der Waals surface area contributed by atoms with E-state index in [2.05, 4.69) is 18.8 Å². The Morgan fingerprint density at radius 3 is 2.86 bits per heavy atom. The molecule has 0 aliphatic heterocycles. The molecule has 0 spiro atoms. The number of nitrogen functional groups attached to an aromatic ring is 1. The van der Waals surface area contributed by atoms with Crippen LogP contribution in [0.3, 0.4) is 0 Å². The quantitative estimate of drug-likeness (QED) is 0.732. The minimum absolute atomic E-state index is 0.581. The van der Waals surface area contributed by atoms with E-state index in [0.29, 0.717) is 18.2 Å². The summed E-state index contributed by atoms with van der Waals surface area (Å²) < 4.78 is 5.48. The van der Waals surface area contributed by atoms with Crippen LogP contribution in [-0.2, 0) is 6.42 Å². The van der Waals surface area contributed by atoms with Crippen LogP contribution >= 0.6 is 0 Å². The molecular weight excluding hydrogens is 176 g/mol. The second-order valence-corrected chi connectivity index (χ2v) is 3.24. The third-order valence-corrected chi connectivity index (χ3v) is 2.16. The van der Waals surface area contributed by atoms with Crippen LogP contribution in [0.1, 0.15) is 32.3 Å². The predicted molar refractivity (Wildman–Crippen MR) is 58.4 cm³/mol. The molecule has 1 aromatic heterocycles.